The molecule has 0 fully saturated rings. The van der Waals surface area contributed by atoms with E-state index in [2.05, 4.69) is 0 Å². The van der Waals surface area contributed by atoms with Crippen molar-refractivity contribution in [3.63, 3.8) is 0 Å². The third kappa shape index (κ3) is 6.27. The van der Waals surface area contributed by atoms with Crippen molar-refractivity contribution in [3.05, 3.63) is 35.9 Å². The van der Waals surface area contributed by atoms with Crippen LogP contribution < -0.4 is 4.74 Å². The van der Waals surface area contributed by atoms with E-state index in [4.69, 9.17) is 14.7 Å². The molecule has 0 unspecified atom stereocenters. The fourth-order valence-electron chi connectivity index (χ4n) is 1.40. The van der Waals surface area contributed by atoms with Gasteiger partial charge in [0.2, 0.25) is 0 Å². The van der Waals surface area contributed by atoms with Crippen LogP contribution in [0.5, 0.6) is 5.75 Å². The molecular weight excluding hydrogens is 242 g/mol. The molecular formula is C15H17NO3. The van der Waals surface area contributed by atoms with Gasteiger partial charge in [-0.05, 0) is 24.6 Å². The SMILES string of the molecule is CCOC(=O)CC=Cc1ccc(OCCC#N)cc1. The quantitative estimate of drug-likeness (QED) is 0.558. The van der Waals surface area contributed by atoms with Crippen LogP contribution in [0, 0.1) is 11.3 Å². The molecule has 1 rings (SSSR count). The average Bonchev–Trinajstić information content (AvgIpc) is 2.41. The number of carbonyl (C=O) groups excluding carboxylic acids is 1. The summed E-state index contributed by atoms with van der Waals surface area (Å²) in [5.41, 5.74) is 0.983. The maximum Gasteiger partial charge on any atom is 0.309 e. The van der Waals surface area contributed by atoms with Gasteiger partial charge in [0, 0.05) is 0 Å². The zero-order valence-corrected chi connectivity index (χ0v) is 11.0. The van der Waals surface area contributed by atoms with Crippen LogP contribution in [0.3, 0.4) is 0 Å². The lowest BCUT2D eigenvalue weighted by atomic mass is 10.2. The largest absolute Gasteiger partial charge is 0.493 e. The summed E-state index contributed by atoms with van der Waals surface area (Å²) < 4.78 is 10.2. The highest BCUT2D eigenvalue weighted by molar-refractivity contribution is 5.72. The van der Waals surface area contributed by atoms with Crippen LogP contribution in [-0.4, -0.2) is 19.2 Å². The standard InChI is InChI=1S/C15H17NO3/c1-2-18-15(17)6-3-5-13-7-9-14(10-8-13)19-12-4-11-16/h3,5,7-10H,2,4,6,12H2,1H3. The fraction of sp³-hybridized carbons (Fsp3) is 0.333. The summed E-state index contributed by atoms with van der Waals surface area (Å²) in [4.78, 5) is 11.1. The van der Waals surface area contributed by atoms with Gasteiger partial charge in [0.15, 0.2) is 0 Å². The van der Waals surface area contributed by atoms with Gasteiger partial charge in [-0.3, -0.25) is 4.79 Å². The number of carbonyl (C=O) groups is 1. The predicted molar refractivity (Wildman–Crippen MR) is 72.5 cm³/mol. The molecule has 100 valence electrons. The number of nitriles is 1. The molecule has 0 aliphatic carbocycles. The topological polar surface area (TPSA) is 59.3 Å². The predicted octanol–water partition coefficient (Wildman–Crippen LogP) is 2.95. The number of nitrogens with zero attached hydrogens (tertiary/aromatic N) is 1. The second kappa shape index (κ2) is 8.76. The van der Waals surface area contributed by atoms with Crippen molar-refractivity contribution in [2.45, 2.75) is 19.8 Å². The van der Waals surface area contributed by atoms with Gasteiger partial charge in [-0.25, -0.2) is 0 Å². The third-order valence-corrected chi connectivity index (χ3v) is 2.26. The van der Waals surface area contributed by atoms with E-state index in [1.54, 1.807) is 13.0 Å². The number of rotatable bonds is 7. The summed E-state index contributed by atoms with van der Waals surface area (Å²) in [5.74, 6) is 0.507. The van der Waals surface area contributed by atoms with Gasteiger partial charge >= 0.3 is 5.97 Å². The zero-order chi connectivity index (χ0) is 13.9. The molecule has 1 aromatic carbocycles. The number of benzene rings is 1. The Morgan fingerprint density at radius 1 is 1.37 bits per heavy atom. The van der Waals surface area contributed by atoms with E-state index in [-0.39, 0.29) is 12.4 Å². The van der Waals surface area contributed by atoms with E-state index in [1.165, 1.54) is 0 Å². The van der Waals surface area contributed by atoms with Crippen LogP contribution in [0.1, 0.15) is 25.3 Å². The maximum absolute atomic E-state index is 11.1. The first-order valence-corrected chi connectivity index (χ1v) is 6.18. The average molecular weight is 259 g/mol. The molecule has 0 saturated heterocycles. The summed E-state index contributed by atoms with van der Waals surface area (Å²) in [5, 5.41) is 8.39. The van der Waals surface area contributed by atoms with Gasteiger partial charge in [-0.15, -0.1) is 0 Å². The summed E-state index contributed by atoms with van der Waals surface area (Å²) in [7, 11) is 0. The van der Waals surface area contributed by atoms with Crippen LogP contribution in [0.25, 0.3) is 6.08 Å². The highest BCUT2D eigenvalue weighted by Gasteiger charge is 1.97. The van der Waals surface area contributed by atoms with Crippen molar-refractivity contribution in [2.24, 2.45) is 0 Å². The fourth-order valence-corrected chi connectivity index (χ4v) is 1.40. The van der Waals surface area contributed by atoms with E-state index in [9.17, 15) is 4.79 Å². The first-order valence-electron chi connectivity index (χ1n) is 6.18. The molecule has 19 heavy (non-hydrogen) atoms. The maximum atomic E-state index is 11.1. The van der Waals surface area contributed by atoms with Gasteiger partial charge in [-0.2, -0.15) is 5.26 Å². The van der Waals surface area contributed by atoms with Crippen LogP contribution in [0.15, 0.2) is 30.3 Å². The minimum atomic E-state index is -0.227. The molecule has 0 N–H and O–H groups in total. The molecule has 0 aromatic heterocycles. The van der Waals surface area contributed by atoms with E-state index in [0.29, 0.717) is 19.6 Å². The lowest BCUT2D eigenvalue weighted by Gasteiger charge is -2.03. The van der Waals surface area contributed by atoms with Crippen LogP contribution in [-0.2, 0) is 9.53 Å². The van der Waals surface area contributed by atoms with Crippen LogP contribution >= 0.6 is 0 Å². The third-order valence-electron chi connectivity index (χ3n) is 2.26. The van der Waals surface area contributed by atoms with E-state index in [1.807, 2.05) is 36.4 Å². The second-order valence-electron chi connectivity index (χ2n) is 3.74. The molecule has 4 heteroatoms. The van der Waals surface area contributed by atoms with Gasteiger partial charge in [0.1, 0.15) is 12.4 Å². The summed E-state index contributed by atoms with van der Waals surface area (Å²) in [6.45, 7) is 2.59. The van der Waals surface area contributed by atoms with Gasteiger partial charge < -0.3 is 9.47 Å². The van der Waals surface area contributed by atoms with Crippen molar-refractivity contribution in [3.8, 4) is 11.8 Å². The van der Waals surface area contributed by atoms with Crippen molar-refractivity contribution in [1.82, 2.24) is 0 Å². The van der Waals surface area contributed by atoms with Gasteiger partial charge in [0.25, 0.3) is 0 Å². The molecule has 0 bridgehead atoms. The molecule has 0 amide bonds. The first kappa shape index (κ1) is 14.8. The Kier molecular flexibility index (Phi) is 6.81. The Bertz CT molecular complexity index is 457. The van der Waals surface area contributed by atoms with Crippen molar-refractivity contribution in [1.29, 1.82) is 5.26 Å². The molecule has 0 saturated carbocycles. The van der Waals surface area contributed by atoms with E-state index in [0.717, 1.165) is 11.3 Å². The normalized spacial score (nSPS) is 10.1. The monoisotopic (exact) mass is 259 g/mol. The summed E-state index contributed by atoms with van der Waals surface area (Å²) >= 11 is 0. The van der Waals surface area contributed by atoms with Gasteiger partial charge in [-0.1, -0.05) is 24.3 Å². The second-order valence-corrected chi connectivity index (χ2v) is 3.74. The zero-order valence-electron chi connectivity index (χ0n) is 11.0. The van der Waals surface area contributed by atoms with E-state index < -0.39 is 0 Å². The molecule has 0 atom stereocenters. The van der Waals surface area contributed by atoms with E-state index >= 15 is 0 Å². The lowest BCUT2D eigenvalue weighted by molar-refractivity contribution is -0.142. The molecule has 0 radical (unpaired) electrons. The minimum Gasteiger partial charge on any atom is -0.493 e. The smallest absolute Gasteiger partial charge is 0.309 e. The first-order chi connectivity index (χ1) is 9.26. The number of esters is 1. The Balaban J connectivity index is 2.41. The molecule has 4 nitrogen and oxygen atoms in total. The molecule has 0 aliphatic heterocycles. The number of hydrogen-bond acceptors (Lipinski definition) is 4. The van der Waals surface area contributed by atoms with Crippen LogP contribution in [0.4, 0.5) is 0 Å². The number of hydrogen-bond donors (Lipinski definition) is 0. The van der Waals surface area contributed by atoms with Crippen molar-refractivity contribution >= 4 is 12.0 Å². The Hall–Kier alpha value is -2.28. The van der Waals surface area contributed by atoms with Crippen molar-refractivity contribution < 1.29 is 14.3 Å². The molecule has 0 heterocycles. The Morgan fingerprint density at radius 2 is 2.11 bits per heavy atom. The summed E-state index contributed by atoms with van der Waals surface area (Å²) in [6, 6.07) is 9.47. The molecule has 0 spiro atoms. The minimum absolute atomic E-state index is 0.227. The lowest BCUT2D eigenvalue weighted by Crippen LogP contribution is -2.01. The highest BCUT2D eigenvalue weighted by atomic mass is 16.5. The Labute approximate surface area is 113 Å². The van der Waals surface area contributed by atoms with Gasteiger partial charge in [0.05, 0.1) is 25.5 Å². The highest BCUT2D eigenvalue weighted by Crippen LogP contribution is 2.13. The Morgan fingerprint density at radius 3 is 2.74 bits per heavy atom. The van der Waals surface area contributed by atoms with Crippen molar-refractivity contribution in [2.75, 3.05) is 13.2 Å². The number of ether oxygens (including phenoxy) is 2. The van der Waals surface area contributed by atoms with Crippen LogP contribution in [0.2, 0.25) is 0 Å². The molecule has 0 aliphatic rings. The molecule has 1 aromatic rings. The summed E-state index contributed by atoms with van der Waals surface area (Å²) in [6.07, 6.45) is 4.27.